The van der Waals surface area contributed by atoms with Crippen molar-refractivity contribution >= 4 is 5.91 Å². The first kappa shape index (κ1) is 18.2. The highest BCUT2D eigenvalue weighted by Crippen LogP contribution is 2.30. The van der Waals surface area contributed by atoms with Crippen LogP contribution in [-0.4, -0.2) is 43.5 Å². The minimum atomic E-state index is -0.0987. The molecule has 1 aromatic carbocycles. The van der Waals surface area contributed by atoms with E-state index in [1.165, 1.54) is 0 Å². The van der Waals surface area contributed by atoms with Crippen LogP contribution in [0.5, 0.6) is 5.75 Å². The fraction of sp³-hybridized carbons (Fsp3) is 0.318. The van der Waals surface area contributed by atoms with Crippen molar-refractivity contribution in [2.24, 2.45) is 0 Å². The molecule has 144 valence electrons. The molecule has 0 atom stereocenters. The zero-order valence-corrected chi connectivity index (χ0v) is 16.0. The number of aryl methyl sites for hydroxylation is 1. The van der Waals surface area contributed by atoms with Crippen molar-refractivity contribution in [1.29, 1.82) is 0 Å². The molecule has 0 spiro atoms. The van der Waals surface area contributed by atoms with E-state index in [1.807, 2.05) is 35.6 Å². The van der Waals surface area contributed by atoms with Crippen LogP contribution < -0.4 is 0 Å². The van der Waals surface area contributed by atoms with Gasteiger partial charge in [-0.1, -0.05) is 18.2 Å². The van der Waals surface area contributed by atoms with Crippen molar-refractivity contribution in [1.82, 2.24) is 19.4 Å². The summed E-state index contributed by atoms with van der Waals surface area (Å²) in [7, 11) is 0. The Balaban J connectivity index is 1.43. The van der Waals surface area contributed by atoms with Gasteiger partial charge in [0.05, 0.1) is 12.1 Å². The molecule has 1 aliphatic rings. The number of aromatic hydroxyl groups is 1. The maximum absolute atomic E-state index is 12.8. The number of amides is 1. The highest BCUT2D eigenvalue weighted by molar-refractivity contribution is 5.97. The molecule has 0 aliphatic carbocycles. The minimum Gasteiger partial charge on any atom is -0.507 e. The van der Waals surface area contributed by atoms with Gasteiger partial charge in [-0.3, -0.25) is 9.78 Å². The van der Waals surface area contributed by atoms with E-state index in [1.54, 1.807) is 25.3 Å². The predicted octanol–water partition coefficient (Wildman–Crippen LogP) is 3.36. The number of piperidine rings is 1. The molecule has 28 heavy (non-hydrogen) atoms. The van der Waals surface area contributed by atoms with Crippen LogP contribution in [0.2, 0.25) is 0 Å². The van der Waals surface area contributed by atoms with Crippen molar-refractivity contribution in [3.8, 4) is 5.75 Å². The Labute approximate surface area is 164 Å². The molecule has 0 saturated carbocycles. The number of benzene rings is 1. The first-order valence-electron chi connectivity index (χ1n) is 9.61. The molecule has 1 saturated heterocycles. The molecule has 1 aliphatic heterocycles. The topological polar surface area (TPSA) is 71.2 Å². The number of aromatic nitrogens is 3. The normalized spacial score (nSPS) is 15.0. The molecule has 1 N–H and O–H groups in total. The van der Waals surface area contributed by atoms with Gasteiger partial charge in [0.2, 0.25) is 0 Å². The van der Waals surface area contributed by atoms with Gasteiger partial charge in [0.1, 0.15) is 11.6 Å². The monoisotopic (exact) mass is 376 g/mol. The lowest BCUT2D eigenvalue weighted by Crippen LogP contribution is -2.38. The van der Waals surface area contributed by atoms with Crippen LogP contribution in [0, 0.1) is 6.92 Å². The lowest BCUT2D eigenvalue weighted by molar-refractivity contribution is 0.0707. The maximum Gasteiger partial charge on any atom is 0.257 e. The van der Waals surface area contributed by atoms with Gasteiger partial charge >= 0.3 is 0 Å². The Kier molecular flexibility index (Phi) is 5.10. The summed E-state index contributed by atoms with van der Waals surface area (Å²) in [6.45, 7) is 3.88. The van der Waals surface area contributed by atoms with Crippen molar-refractivity contribution in [2.45, 2.75) is 32.2 Å². The second-order valence-corrected chi connectivity index (χ2v) is 7.31. The van der Waals surface area contributed by atoms with Gasteiger partial charge in [0, 0.05) is 43.8 Å². The number of carbonyl (C=O) groups is 1. The first-order valence-corrected chi connectivity index (χ1v) is 9.61. The molecule has 4 rings (SSSR count). The minimum absolute atomic E-state index is 0.0848. The number of hydrogen-bond donors (Lipinski definition) is 1. The average molecular weight is 376 g/mol. The van der Waals surface area contributed by atoms with E-state index >= 15 is 0 Å². The predicted molar refractivity (Wildman–Crippen MR) is 106 cm³/mol. The van der Waals surface area contributed by atoms with Gasteiger partial charge in [-0.05, 0) is 43.0 Å². The van der Waals surface area contributed by atoms with E-state index in [0.29, 0.717) is 24.6 Å². The Morgan fingerprint density at radius 3 is 2.75 bits per heavy atom. The van der Waals surface area contributed by atoms with Crippen LogP contribution in [0.25, 0.3) is 0 Å². The molecule has 0 bridgehead atoms. The third kappa shape index (κ3) is 3.63. The number of phenolic OH excluding ortho intramolecular Hbond substituents is 1. The highest BCUT2D eigenvalue weighted by atomic mass is 16.3. The Bertz CT molecular complexity index is 960. The summed E-state index contributed by atoms with van der Waals surface area (Å²) in [6.07, 6.45) is 9.22. The van der Waals surface area contributed by atoms with Gasteiger partial charge in [-0.15, -0.1) is 0 Å². The fourth-order valence-electron chi connectivity index (χ4n) is 3.85. The molecule has 3 aromatic rings. The summed E-state index contributed by atoms with van der Waals surface area (Å²) < 4.78 is 2.17. The third-order valence-electron chi connectivity index (χ3n) is 5.44. The summed E-state index contributed by atoms with van der Waals surface area (Å²) in [5, 5.41) is 10.2. The molecule has 3 heterocycles. The van der Waals surface area contributed by atoms with Crippen LogP contribution in [0.1, 0.15) is 46.1 Å². The molecule has 6 heteroatoms. The second kappa shape index (κ2) is 7.84. The largest absolute Gasteiger partial charge is 0.507 e. The number of likely N-dealkylation sites (tertiary alicyclic amines) is 1. The molecular weight excluding hydrogens is 352 g/mol. The number of carbonyl (C=O) groups excluding carboxylic acids is 1. The molecular formula is C22H24N4O2. The Morgan fingerprint density at radius 2 is 2.00 bits per heavy atom. The van der Waals surface area contributed by atoms with Crippen LogP contribution in [-0.2, 0) is 6.54 Å². The van der Waals surface area contributed by atoms with E-state index in [4.69, 9.17) is 0 Å². The summed E-state index contributed by atoms with van der Waals surface area (Å²) in [5.41, 5.74) is 2.25. The third-order valence-corrected chi connectivity index (χ3v) is 5.44. The molecule has 0 radical (unpaired) electrons. The summed E-state index contributed by atoms with van der Waals surface area (Å²) in [4.78, 5) is 23.4. The molecule has 1 amide bonds. The van der Waals surface area contributed by atoms with E-state index in [2.05, 4.69) is 20.6 Å². The number of nitrogens with zero attached hydrogens (tertiary/aromatic N) is 4. The van der Waals surface area contributed by atoms with E-state index in [0.717, 1.165) is 36.3 Å². The number of phenols is 1. The summed E-state index contributed by atoms with van der Waals surface area (Å²) in [5.74, 6) is 1.37. The number of rotatable bonds is 4. The van der Waals surface area contributed by atoms with Crippen molar-refractivity contribution in [3.05, 3.63) is 77.6 Å². The number of hydrogen-bond acceptors (Lipinski definition) is 4. The molecule has 2 aromatic heterocycles. The second-order valence-electron chi connectivity index (χ2n) is 7.31. The SMILES string of the molecule is Cc1cccc(C(=O)N2CCC(c3nccn3Cc3cccnc3)CC2)c1O. The van der Waals surface area contributed by atoms with Gasteiger partial charge in [0.25, 0.3) is 5.91 Å². The first-order chi connectivity index (χ1) is 13.6. The lowest BCUT2D eigenvalue weighted by atomic mass is 9.95. The zero-order chi connectivity index (χ0) is 19.5. The fourth-order valence-corrected chi connectivity index (χ4v) is 3.85. The van der Waals surface area contributed by atoms with Gasteiger partial charge in [0.15, 0.2) is 0 Å². The highest BCUT2D eigenvalue weighted by Gasteiger charge is 2.28. The van der Waals surface area contributed by atoms with Crippen LogP contribution >= 0.6 is 0 Å². The van der Waals surface area contributed by atoms with E-state index in [9.17, 15) is 9.90 Å². The Hall–Kier alpha value is -3.15. The van der Waals surface area contributed by atoms with Gasteiger partial charge < -0.3 is 14.6 Å². The van der Waals surface area contributed by atoms with E-state index < -0.39 is 0 Å². The van der Waals surface area contributed by atoms with E-state index in [-0.39, 0.29) is 11.7 Å². The zero-order valence-electron chi connectivity index (χ0n) is 16.0. The average Bonchev–Trinajstić information content (AvgIpc) is 3.18. The Morgan fingerprint density at radius 1 is 1.18 bits per heavy atom. The van der Waals surface area contributed by atoms with Gasteiger partial charge in [-0.2, -0.15) is 0 Å². The van der Waals surface area contributed by atoms with Crippen molar-refractivity contribution in [2.75, 3.05) is 13.1 Å². The number of para-hydroxylation sites is 1. The number of imidazole rings is 1. The molecule has 1 fully saturated rings. The van der Waals surface area contributed by atoms with Crippen LogP contribution in [0.15, 0.2) is 55.1 Å². The standard InChI is InChI=1S/C22H24N4O2/c1-16-4-2-6-19(20(16)27)22(28)25-11-7-18(8-12-25)21-24-10-13-26(21)15-17-5-3-9-23-14-17/h2-6,9-10,13-14,18,27H,7-8,11-12,15H2,1H3. The van der Waals surface area contributed by atoms with Gasteiger partial charge in [-0.25, -0.2) is 4.98 Å². The van der Waals surface area contributed by atoms with Crippen molar-refractivity contribution in [3.63, 3.8) is 0 Å². The summed E-state index contributed by atoms with van der Waals surface area (Å²) in [6, 6.07) is 9.31. The molecule has 6 nitrogen and oxygen atoms in total. The molecule has 0 unspecified atom stereocenters. The maximum atomic E-state index is 12.8. The smallest absolute Gasteiger partial charge is 0.257 e. The van der Waals surface area contributed by atoms with Crippen LogP contribution in [0.3, 0.4) is 0 Å². The quantitative estimate of drug-likeness (QED) is 0.758. The summed E-state index contributed by atoms with van der Waals surface area (Å²) >= 11 is 0. The van der Waals surface area contributed by atoms with Crippen molar-refractivity contribution < 1.29 is 9.90 Å². The van der Waals surface area contributed by atoms with Crippen LogP contribution in [0.4, 0.5) is 0 Å². The number of pyridine rings is 1. The lowest BCUT2D eigenvalue weighted by Gasteiger charge is -2.32.